The van der Waals surface area contributed by atoms with Crippen molar-refractivity contribution in [2.75, 3.05) is 5.32 Å². The molecule has 0 radical (unpaired) electrons. The van der Waals surface area contributed by atoms with Crippen molar-refractivity contribution in [3.05, 3.63) is 69.4 Å². The van der Waals surface area contributed by atoms with E-state index < -0.39 is 0 Å². The van der Waals surface area contributed by atoms with Gasteiger partial charge in [0.15, 0.2) is 0 Å². The molecule has 0 saturated carbocycles. The van der Waals surface area contributed by atoms with E-state index in [0.29, 0.717) is 6.42 Å². The lowest BCUT2D eigenvalue weighted by Gasteiger charge is -2.19. The molecule has 3 heteroatoms. The van der Waals surface area contributed by atoms with E-state index in [1.165, 1.54) is 33.4 Å². The highest BCUT2D eigenvalue weighted by Gasteiger charge is 2.14. The predicted molar refractivity (Wildman–Crippen MR) is 122 cm³/mol. The minimum Gasteiger partial charge on any atom is -0.358 e. The summed E-state index contributed by atoms with van der Waals surface area (Å²) in [5.41, 5.74) is 12.2. The number of aliphatic imine (C=N–C) groups is 2. The van der Waals surface area contributed by atoms with Crippen LogP contribution in [0.5, 0.6) is 0 Å². The van der Waals surface area contributed by atoms with Crippen molar-refractivity contribution < 1.29 is 0 Å². The van der Waals surface area contributed by atoms with Gasteiger partial charge >= 0.3 is 0 Å². The Morgan fingerprint density at radius 2 is 1.50 bits per heavy atom. The molecule has 2 aromatic carbocycles. The Morgan fingerprint density at radius 3 is 2.18 bits per heavy atom. The zero-order valence-electron chi connectivity index (χ0n) is 18.2. The minimum atomic E-state index is 0.711. The van der Waals surface area contributed by atoms with Gasteiger partial charge in [-0.1, -0.05) is 19.1 Å². The van der Waals surface area contributed by atoms with Crippen LogP contribution >= 0.6 is 0 Å². The summed E-state index contributed by atoms with van der Waals surface area (Å²) >= 11 is 0. The number of dihydropyridines is 1. The van der Waals surface area contributed by atoms with E-state index in [2.05, 4.69) is 84.1 Å². The molecule has 0 atom stereocenters. The number of amidine groups is 1. The summed E-state index contributed by atoms with van der Waals surface area (Å²) < 4.78 is 0. The van der Waals surface area contributed by atoms with Gasteiger partial charge in [-0.2, -0.15) is 0 Å². The fraction of sp³-hybridized carbons (Fsp3) is 0.360. The molecular formula is C25H31N3. The van der Waals surface area contributed by atoms with Gasteiger partial charge in [0.05, 0.1) is 5.69 Å². The summed E-state index contributed by atoms with van der Waals surface area (Å²) in [6, 6.07) is 8.59. The predicted octanol–water partition coefficient (Wildman–Crippen LogP) is 6.82. The van der Waals surface area contributed by atoms with Crippen LogP contribution < -0.4 is 5.32 Å². The highest BCUT2D eigenvalue weighted by Crippen LogP contribution is 2.28. The molecule has 0 fully saturated rings. The smallest absolute Gasteiger partial charge is 0.135 e. The second-order valence-electron chi connectivity index (χ2n) is 7.79. The molecule has 1 aliphatic heterocycles. The lowest BCUT2D eigenvalue weighted by Crippen LogP contribution is -2.15. The summed E-state index contributed by atoms with van der Waals surface area (Å²) in [4.78, 5) is 9.70. The van der Waals surface area contributed by atoms with E-state index in [4.69, 9.17) is 9.98 Å². The Kier molecular flexibility index (Phi) is 5.83. The van der Waals surface area contributed by atoms with E-state index >= 15 is 0 Å². The molecule has 0 aliphatic carbocycles. The topological polar surface area (TPSA) is 36.8 Å². The molecule has 28 heavy (non-hydrogen) atoms. The van der Waals surface area contributed by atoms with Crippen molar-refractivity contribution in [2.24, 2.45) is 9.98 Å². The van der Waals surface area contributed by atoms with Crippen LogP contribution in [0.4, 0.5) is 11.4 Å². The Balaban J connectivity index is 1.92. The number of anilines is 1. The number of benzene rings is 2. The van der Waals surface area contributed by atoms with Crippen LogP contribution in [0.25, 0.3) is 0 Å². The molecule has 2 aromatic rings. The second kappa shape index (κ2) is 8.14. The number of allylic oxidation sites excluding steroid dienone is 1. The van der Waals surface area contributed by atoms with E-state index in [0.717, 1.165) is 35.0 Å². The molecule has 0 spiro atoms. The van der Waals surface area contributed by atoms with Crippen molar-refractivity contribution in [3.8, 4) is 0 Å². The fourth-order valence-corrected chi connectivity index (χ4v) is 3.45. The van der Waals surface area contributed by atoms with Gasteiger partial charge in [-0.3, -0.25) is 0 Å². The molecular weight excluding hydrogens is 342 g/mol. The third kappa shape index (κ3) is 4.09. The van der Waals surface area contributed by atoms with Crippen LogP contribution in [-0.4, -0.2) is 11.5 Å². The molecule has 0 aromatic heterocycles. The van der Waals surface area contributed by atoms with Gasteiger partial charge in [0.1, 0.15) is 5.84 Å². The van der Waals surface area contributed by atoms with Gasteiger partial charge < -0.3 is 5.32 Å². The van der Waals surface area contributed by atoms with Gasteiger partial charge in [-0.25, -0.2) is 9.98 Å². The molecule has 1 heterocycles. The van der Waals surface area contributed by atoms with Crippen LogP contribution in [0.3, 0.4) is 0 Å². The standard InChI is InChI=1S/C25H31N3/c1-8-21-13-22(26-23-11-9-15(2)17(4)19(23)6)14-25(27-21)28-24-12-10-16(3)18(5)20(24)7/h9-13,26H,8,14H2,1-7H3. The zero-order valence-corrected chi connectivity index (χ0v) is 18.2. The number of rotatable bonds is 4. The molecule has 0 unspecified atom stereocenters. The van der Waals surface area contributed by atoms with Crippen molar-refractivity contribution >= 4 is 22.9 Å². The second-order valence-corrected chi connectivity index (χ2v) is 7.79. The van der Waals surface area contributed by atoms with Crippen molar-refractivity contribution in [2.45, 2.75) is 61.3 Å². The highest BCUT2D eigenvalue weighted by atomic mass is 15.0. The largest absolute Gasteiger partial charge is 0.358 e. The monoisotopic (exact) mass is 373 g/mol. The van der Waals surface area contributed by atoms with Gasteiger partial charge in [0, 0.05) is 23.5 Å². The average molecular weight is 374 g/mol. The van der Waals surface area contributed by atoms with Crippen molar-refractivity contribution in [3.63, 3.8) is 0 Å². The first-order valence-electron chi connectivity index (χ1n) is 10.1. The normalized spacial score (nSPS) is 15.5. The Hall–Kier alpha value is -2.68. The van der Waals surface area contributed by atoms with Crippen LogP contribution in [0, 0.1) is 41.5 Å². The zero-order chi connectivity index (χ0) is 20.4. The molecule has 3 nitrogen and oxygen atoms in total. The molecule has 0 saturated heterocycles. The maximum Gasteiger partial charge on any atom is 0.135 e. The minimum absolute atomic E-state index is 0.711. The van der Waals surface area contributed by atoms with Crippen LogP contribution in [-0.2, 0) is 0 Å². The SMILES string of the molecule is CCC1=NC(=Nc2ccc(C)c(C)c2C)CC(Nc2ccc(C)c(C)c2C)=C1. The quantitative estimate of drug-likeness (QED) is 0.627. The van der Waals surface area contributed by atoms with Crippen molar-refractivity contribution in [1.29, 1.82) is 0 Å². The lowest BCUT2D eigenvalue weighted by molar-refractivity contribution is 1.16. The van der Waals surface area contributed by atoms with Crippen LogP contribution in [0.1, 0.15) is 53.1 Å². The van der Waals surface area contributed by atoms with Gasteiger partial charge in [0.25, 0.3) is 0 Å². The summed E-state index contributed by atoms with van der Waals surface area (Å²) in [6.07, 6.45) is 3.77. The maximum absolute atomic E-state index is 4.91. The molecule has 1 aliphatic rings. The first-order valence-corrected chi connectivity index (χ1v) is 10.1. The van der Waals surface area contributed by atoms with Crippen LogP contribution in [0.15, 0.2) is 46.0 Å². The van der Waals surface area contributed by atoms with E-state index in [1.807, 2.05) is 0 Å². The number of nitrogens with one attached hydrogen (secondary N) is 1. The first kappa shape index (κ1) is 20.1. The van der Waals surface area contributed by atoms with E-state index in [1.54, 1.807) is 0 Å². The number of aryl methyl sites for hydroxylation is 2. The highest BCUT2D eigenvalue weighted by molar-refractivity contribution is 6.08. The molecule has 0 amide bonds. The number of hydrogen-bond donors (Lipinski definition) is 1. The van der Waals surface area contributed by atoms with Crippen LogP contribution in [0.2, 0.25) is 0 Å². The maximum atomic E-state index is 4.91. The number of nitrogens with zero attached hydrogens (tertiary/aromatic N) is 2. The molecule has 146 valence electrons. The summed E-state index contributed by atoms with van der Waals surface area (Å²) in [5, 5.41) is 3.63. The van der Waals surface area contributed by atoms with Gasteiger partial charge in [-0.05, 0) is 99.6 Å². The average Bonchev–Trinajstić information content (AvgIpc) is 2.68. The summed E-state index contributed by atoms with van der Waals surface area (Å²) in [7, 11) is 0. The Morgan fingerprint density at radius 1 is 0.857 bits per heavy atom. The van der Waals surface area contributed by atoms with Gasteiger partial charge in [0.2, 0.25) is 0 Å². The van der Waals surface area contributed by atoms with Gasteiger partial charge in [-0.15, -0.1) is 0 Å². The first-order chi connectivity index (χ1) is 13.3. The number of hydrogen-bond acceptors (Lipinski definition) is 2. The molecule has 3 rings (SSSR count). The Labute approximate surface area is 169 Å². The summed E-state index contributed by atoms with van der Waals surface area (Å²) in [6.45, 7) is 15.1. The third-order valence-corrected chi connectivity index (χ3v) is 5.96. The third-order valence-electron chi connectivity index (χ3n) is 5.96. The fourth-order valence-electron chi connectivity index (χ4n) is 3.45. The molecule has 1 N–H and O–H groups in total. The lowest BCUT2D eigenvalue weighted by atomic mass is 10.0. The Bertz CT molecular complexity index is 1010. The van der Waals surface area contributed by atoms with E-state index in [9.17, 15) is 0 Å². The summed E-state index contributed by atoms with van der Waals surface area (Å²) in [5.74, 6) is 0.870. The molecule has 0 bridgehead atoms. The van der Waals surface area contributed by atoms with Crippen molar-refractivity contribution in [1.82, 2.24) is 0 Å². The van der Waals surface area contributed by atoms with E-state index in [-0.39, 0.29) is 0 Å².